The van der Waals surface area contributed by atoms with Gasteiger partial charge in [0.05, 0.1) is 16.5 Å². The Kier molecular flexibility index (Phi) is 5.07. The summed E-state index contributed by atoms with van der Waals surface area (Å²) < 4.78 is 1.50. The molecule has 3 aromatic rings. The molecule has 26 heavy (non-hydrogen) atoms. The number of hydrazone groups is 1. The monoisotopic (exact) mass is 350 g/mol. The molecule has 4 rings (SSSR count). The lowest BCUT2D eigenvalue weighted by Gasteiger charge is -2.19. The number of benzene rings is 2. The molecule has 1 aliphatic heterocycles. The van der Waals surface area contributed by atoms with E-state index in [0.717, 1.165) is 6.42 Å². The number of fused-ring (bicyclic) bond motifs is 2. The zero-order valence-corrected chi connectivity index (χ0v) is 14.0. The Balaban J connectivity index is 0.000000278. The molecule has 1 aromatic heterocycles. The zero-order valence-electron chi connectivity index (χ0n) is 14.0. The van der Waals surface area contributed by atoms with Crippen molar-refractivity contribution >= 4 is 22.6 Å². The van der Waals surface area contributed by atoms with E-state index in [0.29, 0.717) is 35.4 Å². The largest absolute Gasteiger partial charge is 0.478 e. The van der Waals surface area contributed by atoms with Crippen molar-refractivity contribution in [3.8, 4) is 0 Å². The van der Waals surface area contributed by atoms with Crippen LogP contribution in [-0.2, 0) is 6.54 Å². The molecule has 0 spiro atoms. The fraction of sp³-hybridized carbons (Fsp3) is 0.158. The number of nitrogens with zero attached hydrogens (tertiary/aromatic N) is 3. The van der Waals surface area contributed by atoms with Crippen molar-refractivity contribution in [1.82, 2.24) is 9.55 Å². The molecule has 3 N–H and O–H groups in total. The van der Waals surface area contributed by atoms with Crippen LogP contribution in [0, 0.1) is 0 Å². The SMILES string of the molecule is NN=C1CCCn2c1nc1ccc(C(=O)O)cc1c2=O.c1ccccc1. The molecular formula is C19H18N4O3. The predicted octanol–water partition coefficient (Wildman–Crippen LogP) is 2.24. The third-order valence-electron chi connectivity index (χ3n) is 4.08. The molecule has 0 atom stereocenters. The van der Waals surface area contributed by atoms with Crippen LogP contribution in [0.15, 0.2) is 64.5 Å². The second kappa shape index (κ2) is 7.60. The number of hydrogen-bond acceptors (Lipinski definition) is 5. The summed E-state index contributed by atoms with van der Waals surface area (Å²) in [5.74, 6) is 4.73. The average molecular weight is 350 g/mol. The summed E-state index contributed by atoms with van der Waals surface area (Å²) in [5, 5.41) is 13.0. The minimum atomic E-state index is -1.07. The first-order valence-electron chi connectivity index (χ1n) is 8.17. The van der Waals surface area contributed by atoms with Crippen LogP contribution in [0.4, 0.5) is 0 Å². The van der Waals surface area contributed by atoms with Gasteiger partial charge >= 0.3 is 5.97 Å². The molecule has 0 amide bonds. The van der Waals surface area contributed by atoms with Gasteiger partial charge in [-0.3, -0.25) is 9.36 Å². The van der Waals surface area contributed by atoms with Gasteiger partial charge in [-0.25, -0.2) is 9.78 Å². The Morgan fingerprint density at radius 2 is 1.81 bits per heavy atom. The number of hydrogen-bond donors (Lipinski definition) is 2. The number of carboxylic acids is 1. The molecule has 0 saturated heterocycles. The lowest BCUT2D eigenvalue weighted by Crippen LogP contribution is -2.32. The van der Waals surface area contributed by atoms with Crippen molar-refractivity contribution in [2.45, 2.75) is 19.4 Å². The smallest absolute Gasteiger partial charge is 0.335 e. The van der Waals surface area contributed by atoms with E-state index in [1.807, 2.05) is 36.4 Å². The highest BCUT2D eigenvalue weighted by molar-refractivity contribution is 6.00. The van der Waals surface area contributed by atoms with E-state index in [-0.39, 0.29) is 11.1 Å². The minimum absolute atomic E-state index is 0.0699. The van der Waals surface area contributed by atoms with Crippen LogP contribution in [0.3, 0.4) is 0 Å². The van der Waals surface area contributed by atoms with Crippen LogP contribution in [0.1, 0.15) is 29.0 Å². The summed E-state index contributed by atoms with van der Waals surface area (Å²) in [6, 6.07) is 16.3. The molecule has 0 fully saturated rings. The van der Waals surface area contributed by atoms with Crippen LogP contribution >= 0.6 is 0 Å². The summed E-state index contributed by atoms with van der Waals surface area (Å²) in [6.07, 6.45) is 1.44. The van der Waals surface area contributed by atoms with Gasteiger partial charge in [0.15, 0.2) is 5.82 Å². The molecule has 7 heteroatoms. The standard InChI is InChI=1S/C13H12N4O3.C6H6/c14-16-10-2-1-5-17-11(10)15-9-4-3-7(13(19)20)6-8(9)12(17)18;1-2-4-6-5-3-1/h3-4,6H,1-2,5,14H2,(H,19,20);1-6H. The zero-order chi connectivity index (χ0) is 18.5. The van der Waals surface area contributed by atoms with Crippen LogP contribution in [0.25, 0.3) is 10.9 Å². The Labute approximate surface area is 149 Å². The summed E-state index contributed by atoms with van der Waals surface area (Å²) >= 11 is 0. The van der Waals surface area contributed by atoms with Gasteiger partial charge in [-0.1, -0.05) is 36.4 Å². The number of rotatable bonds is 1. The highest BCUT2D eigenvalue weighted by atomic mass is 16.4. The molecule has 0 unspecified atom stereocenters. The molecule has 0 saturated carbocycles. The maximum atomic E-state index is 12.4. The summed E-state index contributed by atoms with van der Waals surface area (Å²) in [5.41, 5.74) is 0.862. The third kappa shape index (κ3) is 3.46. The van der Waals surface area contributed by atoms with Crippen molar-refractivity contribution in [2.24, 2.45) is 10.9 Å². The van der Waals surface area contributed by atoms with Gasteiger partial charge in [0, 0.05) is 6.54 Å². The van der Waals surface area contributed by atoms with Crippen molar-refractivity contribution in [1.29, 1.82) is 0 Å². The van der Waals surface area contributed by atoms with Crippen molar-refractivity contribution in [3.05, 3.63) is 76.3 Å². The maximum absolute atomic E-state index is 12.4. The maximum Gasteiger partial charge on any atom is 0.335 e. The Morgan fingerprint density at radius 1 is 1.15 bits per heavy atom. The van der Waals surface area contributed by atoms with Crippen LogP contribution in [0.5, 0.6) is 0 Å². The average Bonchev–Trinajstić information content (AvgIpc) is 2.69. The normalized spacial score (nSPS) is 14.4. The van der Waals surface area contributed by atoms with E-state index in [4.69, 9.17) is 10.9 Å². The van der Waals surface area contributed by atoms with E-state index in [2.05, 4.69) is 10.1 Å². The van der Waals surface area contributed by atoms with Gasteiger partial charge in [0.25, 0.3) is 5.56 Å². The van der Waals surface area contributed by atoms with Crippen molar-refractivity contribution in [2.75, 3.05) is 0 Å². The van der Waals surface area contributed by atoms with Crippen LogP contribution in [0.2, 0.25) is 0 Å². The molecule has 0 radical (unpaired) electrons. The molecule has 0 bridgehead atoms. The summed E-state index contributed by atoms with van der Waals surface area (Å²) in [7, 11) is 0. The first kappa shape index (κ1) is 17.3. The highest BCUT2D eigenvalue weighted by Crippen LogP contribution is 2.16. The molecule has 132 valence electrons. The Morgan fingerprint density at radius 3 is 2.38 bits per heavy atom. The van der Waals surface area contributed by atoms with Gasteiger partial charge in [-0.05, 0) is 31.0 Å². The van der Waals surface area contributed by atoms with Crippen LogP contribution in [-0.4, -0.2) is 26.3 Å². The van der Waals surface area contributed by atoms with Gasteiger partial charge in [-0.15, -0.1) is 0 Å². The molecule has 0 aliphatic carbocycles. The summed E-state index contributed by atoms with van der Waals surface area (Å²) in [6.45, 7) is 0.535. The number of carbonyl (C=O) groups is 1. The van der Waals surface area contributed by atoms with Gasteiger partial charge in [-0.2, -0.15) is 5.10 Å². The van der Waals surface area contributed by atoms with Gasteiger partial charge in [0.1, 0.15) is 5.71 Å². The fourth-order valence-electron chi connectivity index (χ4n) is 2.81. The van der Waals surface area contributed by atoms with Crippen LogP contribution < -0.4 is 11.4 Å². The number of aromatic carboxylic acids is 1. The summed E-state index contributed by atoms with van der Waals surface area (Å²) in [4.78, 5) is 27.8. The highest BCUT2D eigenvalue weighted by Gasteiger charge is 2.20. The third-order valence-corrected chi connectivity index (χ3v) is 4.08. The molecule has 7 nitrogen and oxygen atoms in total. The fourth-order valence-corrected chi connectivity index (χ4v) is 2.81. The Bertz CT molecular complexity index is 999. The molecule has 2 heterocycles. The van der Waals surface area contributed by atoms with E-state index in [1.165, 1.54) is 22.8 Å². The first-order chi connectivity index (χ1) is 12.6. The minimum Gasteiger partial charge on any atom is -0.478 e. The molecular weight excluding hydrogens is 332 g/mol. The molecule has 1 aliphatic rings. The van der Waals surface area contributed by atoms with E-state index < -0.39 is 5.97 Å². The van der Waals surface area contributed by atoms with Crippen molar-refractivity contribution in [3.63, 3.8) is 0 Å². The predicted molar refractivity (Wildman–Crippen MR) is 99.4 cm³/mol. The van der Waals surface area contributed by atoms with Gasteiger partial charge < -0.3 is 10.9 Å². The lowest BCUT2D eigenvalue weighted by molar-refractivity contribution is 0.0697. The lowest BCUT2D eigenvalue weighted by atomic mass is 10.1. The number of aromatic nitrogens is 2. The second-order valence-corrected chi connectivity index (χ2v) is 5.76. The van der Waals surface area contributed by atoms with E-state index >= 15 is 0 Å². The van der Waals surface area contributed by atoms with Gasteiger partial charge in [0.2, 0.25) is 0 Å². The quantitative estimate of drug-likeness (QED) is 0.516. The number of nitrogens with two attached hydrogens (primary N) is 1. The first-order valence-corrected chi connectivity index (χ1v) is 8.17. The molecule has 2 aromatic carbocycles. The number of carboxylic acid groups (broad SMARTS) is 1. The van der Waals surface area contributed by atoms with E-state index in [1.54, 1.807) is 0 Å². The van der Waals surface area contributed by atoms with E-state index in [9.17, 15) is 9.59 Å². The Hall–Kier alpha value is -3.48. The second-order valence-electron chi connectivity index (χ2n) is 5.76. The topological polar surface area (TPSA) is 111 Å². The van der Waals surface area contributed by atoms with Crippen molar-refractivity contribution < 1.29 is 9.90 Å².